The van der Waals surface area contributed by atoms with Gasteiger partial charge in [-0.05, 0) is 6.42 Å². The standard InChI is InChI=1S/C18H29NO6/c1-2-3-4-5-6-10-24-18(23)13-8-7-9-19(11-13)17-16(22)15(21)14(12-20)25-17/h7,9,11,14-17,20-22H,2-6,8,10,12H2,1H3/t14-,15+,16?,17-/m1/s1. The van der Waals surface area contributed by atoms with Gasteiger partial charge in [-0.2, -0.15) is 0 Å². The Morgan fingerprint density at radius 1 is 1.28 bits per heavy atom. The molecule has 0 spiro atoms. The van der Waals surface area contributed by atoms with E-state index in [1.54, 1.807) is 18.5 Å². The van der Waals surface area contributed by atoms with Crippen LogP contribution < -0.4 is 0 Å². The summed E-state index contributed by atoms with van der Waals surface area (Å²) in [6.07, 6.45) is 6.86. The third kappa shape index (κ3) is 5.28. The summed E-state index contributed by atoms with van der Waals surface area (Å²) in [5.41, 5.74) is 0.466. The van der Waals surface area contributed by atoms with Crippen LogP contribution in [0.1, 0.15) is 45.4 Å². The molecule has 2 rings (SSSR count). The molecule has 2 heterocycles. The van der Waals surface area contributed by atoms with E-state index in [1.807, 2.05) is 0 Å². The number of hydrogen-bond acceptors (Lipinski definition) is 7. The van der Waals surface area contributed by atoms with Crippen LogP contribution in [0, 0.1) is 0 Å². The van der Waals surface area contributed by atoms with Crippen molar-refractivity contribution in [1.82, 2.24) is 4.90 Å². The van der Waals surface area contributed by atoms with Crippen molar-refractivity contribution in [1.29, 1.82) is 0 Å². The molecule has 2 aliphatic rings. The lowest BCUT2D eigenvalue weighted by molar-refractivity contribution is -0.139. The predicted octanol–water partition coefficient (Wildman–Crippen LogP) is 1.04. The van der Waals surface area contributed by atoms with Gasteiger partial charge in [0, 0.05) is 18.8 Å². The fraction of sp³-hybridized carbons (Fsp3) is 0.722. The Kier molecular flexibility index (Phi) is 7.90. The molecular weight excluding hydrogens is 326 g/mol. The number of ether oxygens (including phenoxy) is 2. The Hall–Kier alpha value is -1.41. The quantitative estimate of drug-likeness (QED) is 0.420. The molecule has 7 nitrogen and oxygen atoms in total. The molecule has 2 aliphatic heterocycles. The van der Waals surface area contributed by atoms with Gasteiger partial charge in [-0.3, -0.25) is 0 Å². The number of unbranched alkanes of at least 4 members (excludes halogenated alkanes) is 4. The Labute approximate surface area is 148 Å². The predicted molar refractivity (Wildman–Crippen MR) is 91.2 cm³/mol. The third-order valence-electron chi connectivity index (χ3n) is 4.47. The molecule has 0 saturated carbocycles. The maximum Gasteiger partial charge on any atom is 0.335 e. The zero-order valence-electron chi connectivity index (χ0n) is 14.7. The molecule has 0 aliphatic carbocycles. The average molecular weight is 355 g/mol. The van der Waals surface area contributed by atoms with Crippen molar-refractivity contribution < 1.29 is 29.6 Å². The van der Waals surface area contributed by atoms with Crippen molar-refractivity contribution in [3.63, 3.8) is 0 Å². The molecule has 0 aromatic rings. The first-order chi connectivity index (χ1) is 12.1. The minimum Gasteiger partial charge on any atom is -0.462 e. The highest BCUT2D eigenvalue weighted by molar-refractivity contribution is 5.88. The van der Waals surface area contributed by atoms with Crippen molar-refractivity contribution in [3.8, 4) is 0 Å². The maximum atomic E-state index is 12.2. The van der Waals surface area contributed by atoms with Crippen molar-refractivity contribution >= 4 is 5.97 Å². The van der Waals surface area contributed by atoms with Crippen molar-refractivity contribution in [2.75, 3.05) is 13.2 Å². The molecular formula is C18H29NO6. The highest BCUT2D eigenvalue weighted by Gasteiger charge is 2.44. The number of hydrogen-bond donors (Lipinski definition) is 3. The first-order valence-electron chi connectivity index (χ1n) is 9.02. The van der Waals surface area contributed by atoms with E-state index in [1.165, 1.54) is 17.7 Å². The Morgan fingerprint density at radius 3 is 2.72 bits per heavy atom. The zero-order valence-corrected chi connectivity index (χ0v) is 14.7. The Bertz CT molecular complexity index is 492. The van der Waals surface area contributed by atoms with Crippen LogP contribution in [0.2, 0.25) is 0 Å². The molecule has 142 valence electrons. The van der Waals surface area contributed by atoms with Gasteiger partial charge in [0.1, 0.15) is 18.3 Å². The molecule has 0 amide bonds. The van der Waals surface area contributed by atoms with E-state index in [9.17, 15) is 15.0 Å². The summed E-state index contributed by atoms with van der Waals surface area (Å²) in [5.74, 6) is -0.378. The monoisotopic (exact) mass is 355 g/mol. The second-order valence-corrected chi connectivity index (χ2v) is 6.47. The summed E-state index contributed by atoms with van der Waals surface area (Å²) < 4.78 is 10.8. The average Bonchev–Trinajstić information content (AvgIpc) is 2.92. The summed E-state index contributed by atoms with van der Waals surface area (Å²) in [6, 6.07) is 0. The highest BCUT2D eigenvalue weighted by Crippen LogP contribution is 2.27. The summed E-state index contributed by atoms with van der Waals surface area (Å²) in [5, 5.41) is 29.1. The van der Waals surface area contributed by atoms with Gasteiger partial charge in [0.05, 0.1) is 18.8 Å². The van der Waals surface area contributed by atoms with Gasteiger partial charge in [-0.15, -0.1) is 0 Å². The number of carbonyl (C=O) groups excluding carboxylic acids is 1. The second-order valence-electron chi connectivity index (χ2n) is 6.47. The molecule has 0 aromatic heterocycles. The molecule has 3 N–H and O–H groups in total. The van der Waals surface area contributed by atoms with Gasteiger partial charge in [0.15, 0.2) is 6.23 Å². The van der Waals surface area contributed by atoms with E-state index >= 15 is 0 Å². The van der Waals surface area contributed by atoms with Gasteiger partial charge in [-0.1, -0.05) is 38.7 Å². The van der Waals surface area contributed by atoms with Crippen molar-refractivity contribution in [2.45, 2.75) is 70.0 Å². The van der Waals surface area contributed by atoms with Crippen LogP contribution in [0.15, 0.2) is 24.0 Å². The smallest absolute Gasteiger partial charge is 0.335 e. The van der Waals surface area contributed by atoms with E-state index in [2.05, 4.69) is 6.92 Å². The zero-order chi connectivity index (χ0) is 18.2. The van der Waals surface area contributed by atoms with Gasteiger partial charge < -0.3 is 29.7 Å². The SMILES string of the molecule is CCCCCCCOC(=O)C1=CN([C@@H]2O[C@H](CO)[C@H](O)C2O)C=CC1. The number of esters is 1. The van der Waals surface area contributed by atoms with Gasteiger partial charge in [0.2, 0.25) is 0 Å². The van der Waals surface area contributed by atoms with Gasteiger partial charge in [0.25, 0.3) is 0 Å². The largest absolute Gasteiger partial charge is 0.462 e. The van der Waals surface area contributed by atoms with Crippen molar-refractivity contribution in [2.24, 2.45) is 0 Å². The fourth-order valence-electron chi connectivity index (χ4n) is 2.96. The normalized spacial score (nSPS) is 29.0. The molecule has 25 heavy (non-hydrogen) atoms. The highest BCUT2D eigenvalue weighted by atomic mass is 16.6. The maximum absolute atomic E-state index is 12.2. The molecule has 1 fully saturated rings. The molecule has 1 saturated heterocycles. The number of allylic oxidation sites excluding steroid dienone is 1. The molecule has 7 heteroatoms. The van der Waals surface area contributed by atoms with E-state index in [4.69, 9.17) is 14.6 Å². The minimum absolute atomic E-state index is 0.378. The lowest BCUT2D eigenvalue weighted by atomic mass is 10.1. The summed E-state index contributed by atoms with van der Waals surface area (Å²) >= 11 is 0. The van der Waals surface area contributed by atoms with Crippen LogP contribution in [0.3, 0.4) is 0 Å². The van der Waals surface area contributed by atoms with Crippen LogP contribution in [-0.2, 0) is 14.3 Å². The second kappa shape index (κ2) is 9.91. The molecule has 0 bridgehead atoms. The number of carbonyl (C=O) groups is 1. The number of nitrogens with zero attached hydrogens (tertiary/aromatic N) is 1. The number of aliphatic hydroxyl groups excluding tert-OH is 3. The van der Waals surface area contributed by atoms with E-state index in [-0.39, 0.29) is 12.6 Å². The van der Waals surface area contributed by atoms with E-state index in [0.29, 0.717) is 18.6 Å². The molecule has 4 atom stereocenters. The Morgan fingerprint density at radius 2 is 2.04 bits per heavy atom. The van der Waals surface area contributed by atoms with Crippen molar-refractivity contribution in [3.05, 3.63) is 24.0 Å². The lowest BCUT2D eigenvalue weighted by Gasteiger charge is -2.28. The summed E-state index contributed by atoms with van der Waals surface area (Å²) in [7, 11) is 0. The molecule has 0 radical (unpaired) electrons. The first-order valence-corrected chi connectivity index (χ1v) is 9.02. The van der Waals surface area contributed by atoms with E-state index in [0.717, 1.165) is 19.3 Å². The van der Waals surface area contributed by atoms with Crippen LogP contribution in [0.5, 0.6) is 0 Å². The topological polar surface area (TPSA) is 99.5 Å². The first kappa shape index (κ1) is 19.9. The Balaban J connectivity index is 1.85. The van der Waals surface area contributed by atoms with E-state index < -0.39 is 24.5 Å². The summed E-state index contributed by atoms with van der Waals surface area (Å²) in [6.45, 7) is 2.17. The fourth-order valence-corrected chi connectivity index (χ4v) is 2.96. The minimum atomic E-state index is -1.17. The van der Waals surface area contributed by atoms with Gasteiger partial charge >= 0.3 is 5.97 Å². The molecule has 0 aromatic carbocycles. The van der Waals surface area contributed by atoms with Gasteiger partial charge in [-0.25, -0.2) is 4.79 Å². The van der Waals surface area contributed by atoms with Crippen LogP contribution in [0.4, 0.5) is 0 Å². The number of aliphatic hydroxyl groups is 3. The van der Waals surface area contributed by atoms with Crippen LogP contribution >= 0.6 is 0 Å². The third-order valence-corrected chi connectivity index (χ3v) is 4.47. The summed E-state index contributed by atoms with van der Waals surface area (Å²) in [4.78, 5) is 13.7. The number of rotatable bonds is 9. The van der Waals surface area contributed by atoms with Crippen LogP contribution in [-0.4, -0.2) is 63.9 Å². The lowest BCUT2D eigenvalue weighted by Crippen LogP contribution is -2.40. The molecule has 1 unspecified atom stereocenters. The van der Waals surface area contributed by atoms with Crippen LogP contribution in [0.25, 0.3) is 0 Å².